The van der Waals surface area contributed by atoms with E-state index >= 15 is 0 Å². The molecule has 1 nitrogen and oxygen atoms in total. The Hall–Kier alpha value is -0.800. The maximum atomic E-state index is 10.8. The Morgan fingerprint density at radius 1 is 1.08 bits per heavy atom. The van der Waals surface area contributed by atoms with Crippen molar-refractivity contribution >= 4 is 23.5 Å². The van der Waals surface area contributed by atoms with Crippen LogP contribution in [-0.4, -0.2) is 10.2 Å². The summed E-state index contributed by atoms with van der Waals surface area (Å²) in [7, 11) is 0. The number of thioether (sulfide) groups is 2. The Kier molecular flexibility index (Phi) is 7.55. The van der Waals surface area contributed by atoms with Crippen molar-refractivity contribution in [3.05, 3.63) is 46.9 Å². The molecule has 0 aromatic heterocycles. The van der Waals surface area contributed by atoms with Crippen molar-refractivity contribution < 1.29 is 5.11 Å². The first-order chi connectivity index (χ1) is 11.0. The Morgan fingerprint density at radius 2 is 1.58 bits per heavy atom. The third-order valence-corrected chi connectivity index (χ3v) is 5.94. The maximum absolute atomic E-state index is 10.8. The number of phenols is 1. The van der Waals surface area contributed by atoms with Gasteiger partial charge in [0, 0.05) is 26.0 Å². The van der Waals surface area contributed by atoms with Crippen molar-refractivity contribution in [1.29, 1.82) is 0 Å². The summed E-state index contributed by atoms with van der Waals surface area (Å²) in [4.78, 5) is 2.45. The van der Waals surface area contributed by atoms with Gasteiger partial charge in [-0.05, 0) is 29.4 Å². The first-order valence-electron chi connectivity index (χ1n) is 8.46. The number of benzene rings is 1. The lowest BCUT2D eigenvalue weighted by Gasteiger charge is -2.28. The Labute approximate surface area is 157 Å². The van der Waals surface area contributed by atoms with Gasteiger partial charge in [0.15, 0.2) is 0 Å². The van der Waals surface area contributed by atoms with E-state index in [2.05, 4.69) is 73.3 Å². The van der Waals surface area contributed by atoms with Gasteiger partial charge < -0.3 is 5.11 Å². The molecule has 0 aliphatic rings. The molecule has 0 heterocycles. The van der Waals surface area contributed by atoms with E-state index < -0.39 is 0 Å². The number of rotatable bonds is 6. The molecule has 0 fully saturated rings. The van der Waals surface area contributed by atoms with Crippen molar-refractivity contribution in [2.24, 2.45) is 0 Å². The lowest BCUT2D eigenvalue weighted by atomic mass is 9.79. The third kappa shape index (κ3) is 5.93. The van der Waals surface area contributed by atoms with Crippen LogP contribution in [0.1, 0.15) is 66.0 Å². The van der Waals surface area contributed by atoms with E-state index in [1.165, 1.54) is 9.80 Å². The molecule has 0 amide bonds. The molecule has 0 atom stereocenters. The van der Waals surface area contributed by atoms with Crippen LogP contribution in [0.15, 0.2) is 40.7 Å². The van der Waals surface area contributed by atoms with Crippen LogP contribution in [-0.2, 0) is 10.8 Å². The molecule has 1 rings (SSSR count). The monoisotopic (exact) mass is 364 g/mol. The zero-order chi connectivity index (χ0) is 18.5. The van der Waals surface area contributed by atoms with Gasteiger partial charge in [0.25, 0.3) is 0 Å². The fourth-order valence-electron chi connectivity index (χ4n) is 2.40. The highest BCUT2D eigenvalue weighted by Crippen LogP contribution is 2.42. The SMILES string of the molecule is C=C/C(=C\CC)SCSc1cc(C(C)(C)C)c(O)c(C(C)(C)C)c1. The zero-order valence-corrected chi connectivity index (χ0v) is 17.8. The van der Waals surface area contributed by atoms with Gasteiger partial charge in [0.2, 0.25) is 0 Å². The smallest absolute Gasteiger partial charge is 0.123 e. The normalized spacial score (nSPS) is 13.2. The summed E-state index contributed by atoms with van der Waals surface area (Å²) in [5.41, 5.74) is 1.88. The van der Waals surface area contributed by atoms with Gasteiger partial charge in [-0.2, -0.15) is 0 Å². The number of allylic oxidation sites excluding steroid dienone is 2. The van der Waals surface area contributed by atoms with Crippen LogP contribution in [0.4, 0.5) is 0 Å². The molecular formula is C21H32OS2. The highest BCUT2D eigenvalue weighted by atomic mass is 32.2. The molecule has 0 aliphatic heterocycles. The molecule has 0 saturated heterocycles. The molecule has 0 saturated carbocycles. The Balaban J connectivity index is 3.11. The Morgan fingerprint density at radius 3 is 1.96 bits per heavy atom. The van der Waals surface area contributed by atoms with Crippen molar-refractivity contribution in [3.8, 4) is 5.75 Å². The standard InChI is InChI=1S/C21H32OS2/c1-9-11-15(10-2)23-14-24-16-12-17(20(3,4)5)19(22)18(13-16)21(6,7)8/h10-13,22H,2,9,14H2,1,3-8H3/b15-11+. The summed E-state index contributed by atoms with van der Waals surface area (Å²) in [6.45, 7) is 18.9. The van der Waals surface area contributed by atoms with E-state index in [1.54, 1.807) is 0 Å². The van der Waals surface area contributed by atoms with Gasteiger partial charge in [0.05, 0.1) is 0 Å². The quantitative estimate of drug-likeness (QED) is 0.326. The molecule has 0 spiro atoms. The maximum Gasteiger partial charge on any atom is 0.123 e. The Bertz CT molecular complexity index is 566. The minimum Gasteiger partial charge on any atom is -0.507 e. The minimum atomic E-state index is -0.0812. The van der Waals surface area contributed by atoms with E-state index in [9.17, 15) is 5.11 Å². The van der Waals surface area contributed by atoms with Gasteiger partial charge in [0.1, 0.15) is 5.75 Å². The fourth-order valence-corrected chi connectivity index (χ4v) is 4.53. The predicted octanol–water partition coefficient (Wildman–Crippen LogP) is 7.25. The van der Waals surface area contributed by atoms with E-state index in [4.69, 9.17) is 0 Å². The second-order valence-electron chi connectivity index (χ2n) is 7.99. The molecule has 0 bridgehead atoms. The number of hydrogen-bond acceptors (Lipinski definition) is 3. The first-order valence-corrected chi connectivity index (χ1v) is 10.4. The fraction of sp³-hybridized carbons (Fsp3) is 0.524. The molecule has 0 unspecified atom stereocenters. The summed E-state index contributed by atoms with van der Waals surface area (Å²) < 4.78 is 0. The van der Waals surface area contributed by atoms with Gasteiger partial charge >= 0.3 is 0 Å². The van der Waals surface area contributed by atoms with Crippen LogP contribution >= 0.6 is 23.5 Å². The van der Waals surface area contributed by atoms with Crippen LogP contribution in [0.5, 0.6) is 5.75 Å². The average molecular weight is 365 g/mol. The molecule has 0 radical (unpaired) electrons. The highest BCUT2D eigenvalue weighted by Gasteiger charge is 2.26. The molecule has 1 N–H and O–H groups in total. The zero-order valence-electron chi connectivity index (χ0n) is 16.2. The largest absolute Gasteiger partial charge is 0.507 e. The molecule has 1 aromatic rings. The minimum absolute atomic E-state index is 0.0812. The van der Waals surface area contributed by atoms with Crippen LogP contribution in [0, 0.1) is 0 Å². The van der Waals surface area contributed by atoms with E-state index in [0.29, 0.717) is 5.75 Å². The third-order valence-electron chi connectivity index (χ3n) is 3.76. The molecule has 24 heavy (non-hydrogen) atoms. The predicted molar refractivity (Wildman–Crippen MR) is 112 cm³/mol. The van der Waals surface area contributed by atoms with Gasteiger partial charge in [-0.15, -0.1) is 23.5 Å². The lowest BCUT2D eigenvalue weighted by molar-refractivity contribution is 0.422. The summed E-state index contributed by atoms with van der Waals surface area (Å²) >= 11 is 3.64. The van der Waals surface area contributed by atoms with Crippen molar-refractivity contribution in [1.82, 2.24) is 0 Å². The van der Waals surface area contributed by atoms with Crippen LogP contribution < -0.4 is 0 Å². The average Bonchev–Trinajstić information content (AvgIpc) is 2.45. The van der Waals surface area contributed by atoms with Gasteiger partial charge in [-0.3, -0.25) is 0 Å². The summed E-state index contributed by atoms with van der Waals surface area (Å²) in [5, 5.41) is 11.7. The molecule has 134 valence electrons. The van der Waals surface area contributed by atoms with E-state index in [-0.39, 0.29) is 10.8 Å². The van der Waals surface area contributed by atoms with Crippen LogP contribution in [0.2, 0.25) is 0 Å². The summed E-state index contributed by atoms with van der Waals surface area (Å²) in [6, 6.07) is 4.29. The molecule has 3 heteroatoms. The molecular weight excluding hydrogens is 332 g/mol. The number of hydrogen-bond donors (Lipinski definition) is 1. The second kappa shape index (κ2) is 8.53. The summed E-state index contributed by atoms with van der Waals surface area (Å²) in [5.74, 6) is 0.449. The second-order valence-corrected chi connectivity index (χ2v) is 10.5. The van der Waals surface area contributed by atoms with Crippen molar-refractivity contribution in [3.63, 3.8) is 0 Å². The van der Waals surface area contributed by atoms with Crippen LogP contribution in [0.25, 0.3) is 0 Å². The number of phenolic OH excluding ortho intramolecular Hbond substituents is 1. The first kappa shape index (κ1) is 21.2. The number of aromatic hydroxyl groups is 1. The molecule has 0 aliphatic carbocycles. The van der Waals surface area contributed by atoms with Crippen molar-refractivity contribution in [2.45, 2.75) is 70.6 Å². The van der Waals surface area contributed by atoms with Gasteiger partial charge in [-0.1, -0.05) is 67.2 Å². The highest BCUT2D eigenvalue weighted by molar-refractivity contribution is 8.17. The van der Waals surface area contributed by atoms with Gasteiger partial charge in [-0.25, -0.2) is 0 Å². The van der Waals surface area contributed by atoms with Crippen LogP contribution in [0.3, 0.4) is 0 Å². The van der Waals surface area contributed by atoms with Crippen molar-refractivity contribution in [2.75, 3.05) is 5.08 Å². The summed E-state index contributed by atoms with van der Waals surface area (Å²) in [6.07, 6.45) is 5.16. The topological polar surface area (TPSA) is 20.2 Å². The van der Waals surface area contributed by atoms with E-state index in [0.717, 1.165) is 22.6 Å². The lowest BCUT2D eigenvalue weighted by Crippen LogP contribution is -2.17. The van der Waals surface area contributed by atoms with E-state index in [1.807, 2.05) is 29.6 Å². The molecule has 1 aromatic carbocycles.